The van der Waals surface area contributed by atoms with Gasteiger partial charge in [0.15, 0.2) is 5.82 Å². The number of nitrogens with zero attached hydrogens (tertiary/aromatic N) is 7. The van der Waals surface area contributed by atoms with Crippen LogP contribution < -0.4 is 9.64 Å². The molecule has 0 N–H and O–H groups in total. The Bertz CT molecular complexity index is 999. The molecule has 0 radical (unpaired) electrons. The van der Waals surface area contributed by atoms with Gasteiger partial charge in [0, 0.05) is 45.1 Å². The second-order valence-corrected chi connectivity index (χ2v) is 8.58. The molecule has 1 saturated heterocycles. The number of aromatic nitrogens is 5. The predicted molar refractivity (Wildman–Crippen MR) is 126 cm³/mol. The molecule has 1 unspecified atom stereocenters. The average Bonchev–Trinajstić information content (AvgIpc) is 3.27. The molecular weight excluding hydrogens is 449 g/mol. The van der Waals surface area contributed by atoms with Gasteiger partial charge < -0.3 is 9.64 Å². The van der Waals surface area contributed by atoms with E-state index in [4.69, 9.17) is 27.9 Å². The van der Waals surface area contributed by atoms with Crippen LogP contribution in [-0.2, 0) is 6.54 Å². The van der Waals surface area contributed by atoms with Gasteiger partial charge in [-0.05, 0) is 34.5 Å². The fourth-order valence-electron chi connectivity index (χ4n) is 4.09. The third kappa shape index (κ3) is 4.82. The SMILES string of the molecule is CCCCn1nnnc1C(c1ccc(OC)cc1)N1CCN(c2c(Cl)cncc2Cl)CC1. The van der Waals surface area contributed by atoms with Crippen molar-refractivity contribution in [3.63, 3.8) is 0 Å². The summed E-state index contributed by atoms with van der Waals surface area (Å²) in [6, 6.07) is 8.08. The highest BCUT2D eigenvalue weighted by molar-refractivity contribution is 6.38. The first-order valence-electron chi connectivity index (χ1n) is 10.8. The zero-order valence-electron chi connectivity index (χ0n) is 18.3. The number of piperazine rings is 1. The fraction of sp³-hybridized carbons (Fsp3) is 0.455. The number of halogens is 2. The number of benzene rings is 1. The van der Waals surface area contributed by atoms with Crippen molar-refractivity contribution in [1.82, 2.24) is 30.1 Å². The fourth-order valence-corrected chi connectivity index (χ4v) is 4.70. The van der Waals surface area contributed by atoms with E-state index < -0.39 is 0 Å². The van der Waals surface area contributed by atoms with E-state index in [9.17, 15) is 0 Å². The molecule has 32 heavy (non-hydrogen) atoms. The van der Waals surface area contributed by atoms with E-state index in [0.29, 0.717) is 10.0 Å². The van der Waals surface area contributed by atoms with E-state index in [1.165, 1.54) is 0 Å². The van der Waals surface area contributed by atoms with Crippen molar-refractivity contribution in [2.45, 2.75) is 32.4 Å². The van der Waals surface area contributed by atoms with E-state index in [1.54, 1.807) is 19.5 Å². The average molecular weight is 476 g/mol. The molecule has 3 heterocycles. The van der Waals surface area contributed by atoms with Crippen molar-refractivity contribution in [1.29, 1.82) is 0 Å². The predicted octanol–water partition coefficient (Wildman–Crippen LogP) is 4.10. The van der Waals surface area contributed by atoms with Crippen molar-refractivity contribution < 1.29 is 4.74 Å². The third-order valence-corrected chi connectivity index (χ3v) is 6.34. The molecule has 0 saturated carbocycles. The molecule has 4 rings (SSSR count). The van der Waals surface area contributed by atoms with Crippen molar-refractivity contribution in [3.05, 3.63) is 58.1 Å². The molecule has 1 aromatic carbocycles. The first-order valence-corrected chi connectivity index (χ1v) is 11.6. The van der Waals surface area contributed by atoms with Gasteiger partial charge in [0.05, 0.1) is 28.9 Å². The Morgan fingerprint density at radius 2 is 1.72 bits per heavy atom. The van der Waals surface area contributed by atoms with Crippen LogP contribution in [0.2, 0.25) is 10.0 Å². The van der Waals surface area contributed by atoms with Crippen LogP contribution >= 0.6 is 23.2 Å². The molecule has 1 aliphatic rings. The van der Waals surface area contributed by atoms with Crippen molar-refractivity contribution >= 4 is 28.9 Å². The Labute approximate surface area is 198 Å². The molecule has 1 fully saturated rings. The molecule has 0 aliphatic carbocycles. The van der Waals surface area contributed by atoms with Gasteiger partial charge in [0.1, 0.15) is 5.75 Å². The van der Waals surface area contributed by atoms with Crippen LogP contribution in [0.5, 0.6) is 5.75 Å². The summed E-state index contributed by atoms with van der Waals surface area (Å²) in [6.45, 7) is 6.16. The number of tetrazole rings is 1. The normalized spacial score (nSPS) is 15.7. The van der Waals surface area contributed by atoms with Crippen LogP contribution in [0.25, 0.3) is 0 Å². The summed E-state index contributed by atoms with van der Waals surface area (Å²) in [6.07, 6.45) is 5.38. The highest BCUT2D eigenvalue weighted by Gasteiger charge is 2.31. The standard InChI is InChI=1S/C22H27Cl2N7O/c1-3-4-9-31-22(26-27-28-31)20(16-5-7-17(32-2)8-6-16)29-10-12-30(13-11-29)21-18(23)14-25-15-19(21)24/h5-8,14-15,20H,3-4,9-13H2,1-2H3. The maximum absolute atomic E-state index is 6.39. The Balaban J connectivity index is 1.60. The minimum atomic E-state index is -0.0571. The van der Waals surface area contributed by atoms with Gasteiger partial charge in [0.2, 0.25) is 0 Å². The van der Waals surface area contributed by atoms with Gasteiger partial charge in [-0.2, -0.15) is 0 Å². The number of unbranched alkanes of at least 4 members (excludes halogenated alkanes) is 1. The highest BCUT2D eigenvalue weighted by atomic mass is 35.5. The van der Waals surface area contributed by atoms with Crippen LogP contribution in [0.15, 0.2) is 36.7 Å². The maximum atomic E-state index is 6.39. The van der Waals surface area contributed by atoms with Crippen LogP contribution in [0.1, 0.15) is 37.2 Å². The van der Waals surface area contributed by atoms with E-state index in [1.807, 2.05) is 16.8 Å². The molecule has 3 aromatic rings. The summed E-state index contributed by atoms with van der Waals surface area (Å²) in [4.78, 5) is 8.70. The summed E-state index contributed by atoms with van der Waals surface area (Å²) in [5.41, 5.74) is 1.98. The second kappa shape index (κ2) is 10.5. The Morgan fingerprint density at radius 1 is 1.03 bits per heavy atom. The number of hydrogen-bond donors (Lipinski definition) is 0. The molecule has 1 aliphatic heterocycles. The highest BCUT2D eigenvalue weighted by Crippen LogP contribution is 2.35. The third-order valence-electron chi connectivity index (χ3n) is 5.78. The molecule has 2 aromatic heterocycles. The molecule has 0 spiro atoms. The lowest BCUT2D eigenvalue weighted by Crippen LogP contribution is -2.48. The molecule has 170 valence electrons. The van der Waals surface area contributed by atoms with Gasteiger partial charge in [-0.15, -0.1) is 5.10 Å². The molecule has 8 nitrogen and oxygen atoms in total. The van der Waals surface area contributed by atoms with E-state index in [0.717, 1.165) is 68.4 Å². The van der Waals surface area contributed by atoms with E-state index >= 15 is 0 Å². The summed E-state index contributed by atoms with van der Waals surface area (Å²) in [5, 5.41) is 13.8. The van der Waals surface area contributed by atoms with Gasteiger partial charge in [-0.1, -0.05) is 48.7 Å². The quantitative estimate of drug-likeness (QED) is 0.485. The number of methoxy groups -OCH3 is 1. The van der Waals surface area contributed by atoms with Crippen LogP contribution in [0.3, 0.4) is 0 Å². The monoisotopic (exact) mass is 475 g/mol. The van der Waals surface area contributed by atoms with Crippen molar-refractivity contribution in [2.24, 2.45) is 0 Å². The number of aryl methyl sites for hydroxylation is 1. The maximum Gasteiger partial charge on any atom is 0.173 e. The van der Waals surface area contributed by atoms with Crippen LogP contribution in [-0.4, -0.2) is 63.4 Å². The molecular formula is C22H27Cl2N7O. The molecule has 0 bridgehead atoms. The van der Waals surface area contributed by atoms with Gasteiger partial charge in [0.25, 0.3) is 0 Å². The number of pyridine rings is 1. The Hall–Kier alpha value is -2.42. The smallest absolute Gasteiger partial charge is 0.173 e. The number of anilines is 1. The summed E-state index contributed by atoms with van der Waals surface area (Å²) >= 11 is 12.8. The molecule has 0 amide bonds. The number of rotatable bonds is 8. The van der Waals surface area contributed by atoms with Gasteiger partial charge in [-0.25, -0.2) is 4.68 Å². The van der Waals surface area contributed by atoms with Crippen molar-refractivity contribution in [2.75, 3.05) is 38.2 Å². The lowest BCUT2D eigenvalue weighted by atomic mass is 10.0. The number of hydrogen-bond acceptors (Lipinski definition) is 7. The van der Waals surface area contributed by atoms with Gasteiger partial charge in [-0.3, -0.25) is 9.88 Å². The lowest BCUT2D eigenvalue weighted by Gasteiger charge is -2.40. The lowest BCUT2D eigenvalue weighted by molar-refractivity contribution is 0.200. The zero-order chi connectivity index (χ0) is 22.5. The van der Waals surface area contributed by atoms with Gasteiger partial charge >= 0.3 is 0 Å². The molecule has 1 atom stereocenters. The largest absolute Gasteiger partial charge is 0.497 e. The minimum absolute atomic E-state index is 0.0571. The summed E-state index contributed by atoms with van der Waals surface area (Å²) in [5.74, 6) is 1.68. The summed E-state index contributed by atoms with van der Waals surface area (Å²) in [7, 11) is 1.67. The van der Waals surface area contributed by atoms with Crippen LogP contribution in [0, 0.1) is 0 Å². The zero-order valence-corrected chi connectivity index (χ0v) is 19.8. The minimum Gasteiger partial charge on any atom is -0.497 e. The second-order valence-electron chi connectivity index (χ2n) is 7.76. The summed E-state index contributed by atoms with van der Waals surface area (Å²) < 4.78 is 7.28. The Kier molecular flexibility index (Phi) is 7.44. The first-order chi connectivity index (χ1) is 15.6. The van der Waals surface area contributed by atoms with Crippen molar-refractivity contribution in [3.8, 4) is 5.75 Å². The van der Waals surface area contributed by atoms with E-state index in [2.05, 4.69) is 49.4 Å². The first kappa shape index (κ1) is 22.8. The molecule has 10 heteroatoms. The van der Waals surface area contributed by atoms with Crippen LogP contribution in [0.4, 0.5) is 5.69 Å². The van der Waals surface area contributed by atoms with E-state index in [-0.39, 0.29) is 6.04 Å². The topological polar surface area (TPSA) is 72.2 Å². The number of ether oxygens (including phenoxy) is 1. The Morgan fingerprint density at radius 3 is 2.34 bits per heavy atom.